The SMILES string of the molecule is COCC(N)c1ccc(OC)cc1C. The molecule has 0 aliphatic rings. The average Bonchev–Trinajstić information content (AvgIpc) is 2.17. The highest BCUT2D eigenvalue weighted by Gasteiger charge is 2.08. The Morgan fingerprint density at radius 3 is 2.57 bits per heavy atom. The molecule has 0 aliphatic carbocycles. The number of methoxy groups -OCH3 is 2. The summed E-state index contributed by atoms with van der Waals surface area (Å²) in [6.45, 7) is 2.56. The van der Waals surface area contributed by atoms with Gasteiger partial charge in [0, 0.05) is 7.11 Å². The molecule has 0 aromatic heterocycles. The van der Waals surface area contributed by atoms with Gasteiger partial charge in [0.15, 0.2) is 0 Å². The Morgan fingerprint density at radius 2 is 2.07 bits per heavy atom. The summed E-state index contributed by atoms with van der Waals surface area (Å²) in [4.78, 5) is 0. The quantitative estimate of drug-likeness (QED) is 0.794. The molecule has 1 atom stereocenters. The second-order valence-electron chi connectivity index (χ2n) is 3.28. The number of nitrogens with two attached hydrogens (primary N) is 1. The van der Waals surface area contributed by atoms with Crippen LogP contribution in [0.5, 0.6) is 5.75 Å². The van der Waals surface area contributed by atoms with E-state index >= 15 is 0 Å². The Labute approximate surface area is 84.8 Å². The van der Waals surface area contributed by atoms with E-state index in [0.717, 1.165) is 16.9 Å². The summed E-state index contributed by atoms with van der Waals surface area (Å²) in [5.74, 6) is 0.857. The van der Waals surface area contributed by atoms with Crippen LogP contribution in [0.4, 0.5) is 0 Å². The van der Waals surface area contributed by atoms with Gasteiger partial charge in [-0.1, -0.05) is 6.07 Å². The zero-order chi connectivity index (χ0) is 10.6. The zero-order valence-corrected chi connectivity index (χ0v) is 8.91. The third kappa shape index (κ3) is 2.47. The van der Waals surface area contributed by atoms with Crippen LogP contribution in [0.2, 0.25) is 0 Å². The van der Waals surface area contributed by atoms with Crippen molar-refractivity contribution in [3.05, 3.63) is 29.3 Å². The van der Waals surface area contributed by atoms with Crippen molar-refractivity contribution >= 4 is 0 Å². The van der Waals surface area contributed by atoms with Gasteiger partial charge in [-0.05, 0) is 30.2 Å². The van der Waals surface area contributed by atoms with Crippen molar-refractivity contribution in [2.24, 2.45) is 5.73 Å². The molecule has 0 aliphatic heterocycles. The third-order valence-corrected chi connectivity index (χ3v) is 2.22. The predicted octanol–water partition coefficient (Wildman–Crippen LogP) is 1.65. The fourth-order valence-corrected chi connectivity index (χ4v) is 1.46. The molecule has 78 valence electrons. The maximum absolute atomic E-state index is 5.93. The molecule has 1 aromatic carbocycles. The second-order valence-corrected chi connectivity index (χ2v) is 3.28. The van der Waals surface area contributed by atoms with Crippen LogP contribution in [0.1, 0.15) is 17.2 Å². The normalized spacial score (nSPS) is 12.6. The fourth-order valence-electron chi connectivity index (χ4n) is 1.46. The predicted molar refractivity (Wildman–Crippen MR) is 56.5 cm³/mol. The van der Waals surface area contributed by atoms with Crippen LogP contribution >= 0.6 is 0 Å². The van der Waals surface area contributed by atoms with Gasteiger partial charge in [-0.15, -0.1) is 0 Å². The van der Waals surface area contributed by atoms with Crippen LogP contribution in [0.25, 0.3) is 0 Å². The minimum atomic E-state index is -0.0640. The minimum Gasteiger partial charge on any atom is -0.497 e. The van der Waals surface area contributed by atoms with Crippen LogP contribution in [0, 0.1) is 6.92 Å². The lowest BCUT2D eigenvalue weighted by Gasteiger charge is -2.14. The van der Waals surface area contributed by atoms with E-state index in [2.05, 4.69) is 0 Å². The van der Waals surface area contributed by atoms with Crippen LogP contribution < -0.4 is 10.5 Å². The number of rotatable bonds is 4. The van der Waals surface area contributed by atoms with E-state index in [4.69, 9.17) is 15.2 Å². The number of hydrogen-bond donors (Lipinski definition) is 1. The van der Waals surface area contributed by atoms with Gasteiger partial charge in [0.05, 0.1) is 19.8 Å². The van der Waals surface area contributed by atoms with Crippen LogP contribution in [-0.2, 0) is 4.74 Å². The van der Waals surface area contributed by atoms with Crippen molar-refractivity contribution in [3.63, 3.8) is 0 Å². The molecule has 3 nitrogen and oxygen atoms in total. The Balaban J connectivity index is 2.88. The van der Waals surface area contributed by atoms with Gasteiger partial charge in [0.2, 0.25) is 0 Å². The lowest BCUT2D eigenvalue weighted by molar-refractivity contribution is 0.180. The van der Waals surface area contributed by atoms with Crippen molar-refractivity contribution < 1.29 is 9.47 Å². The first-order chi connectivity index (χ1) is 6.69. The first kappa shape index (κ1) is 11.0. The largest absolute Gasteiger partial charge is 0.497 e. The van der Waals surface area contributed by atoms with Crippen LogP contribution in [-0.4, -0.2) is 20.8 Å². The molecule has 0 saturated carbocycles. The van der Waals surface area contributed by atoms with Gasteiger partial charge in [-0.25, -0.2) is 0 Å². The molecule has 1 rings (SSSR count). The summed E-state index contributed by atoms with van der Waals surface area (Å²) >= 11 is 0. The first-order valence-corrected chi connectivity index (χ1v) is 4.58. The summed E-state index contributed by atoms with van der Waals surface area (Å²) < 4.78 is 10.1. The fraction of sp³-hybridized carbons (Fsp3) is 0.455. The zero-order valence-electron chi connectivity index (χ0n) is 8.91. The minimum absolute atomic E-state index is 0.0640. The van der Waals surface area contributed by atoms with Gasteiger partial charge >= 0.3 is 0 Å². The highest BCUT2D eigenvalue weighted by atomic mass is 16.5. The lowest BCUT2D eigenvalue weighted by Crippen LogP contribution is -2.17. The van der Waals surface area contributed by atoms with E-state index < -0.39 is 0 Å². The maximum atomic E-state index is 5.93. The number of aryl methyl sites for hydroxylation is 1. The molecule has 3 heteroatoms. The third-order valence-electron chi connectivity index (χ3n) is 2.22. The van der Waals surface area contributed by atoms with E-state index in [1.165, 1.54) is 0 Å². The van der Waals surface area contributed by atoms with E-state index in [1.54, 1.807) is 14.2 Å². The average molecular weight is 195 g/mol. The summed E-state index contributed by atoms with van der Waals surface area (Å²) in [7, 11) is 3.31. The summed E-state index contributed by atoms with van der Waals surface area (Å²) in [6.07, 6.45) is 0. The molecule has 0 amide bonds. The van der Waals surface area contributed by atoms with E-state index in [1.807, 2.05) is 25.1 Å². The van der Waals surface area contributed by atoms with Crippen molar-refractivity contribution in [2.75, 3.05) is 20.8 Å². The van der Waals surface area contributed by atoms with Crippen LogP contribution in [0.3, 0.4) is 0 Å². The molecule has 0 heterocycles. The van der Waals surface area contributed by atoms with Crippen LogP contribution in [0.15, 0.2) is 18.2 Å². The van der Waals surface area contributed by atoms with Crippen molar-refractivity contribution in [1.82, 2.24) is 0 Å². The Hall–Kier alpha value is -1.06. The van der Waals surface area contributed by atoms with E-state index in [-0.39, 0.29) is 6.04 Å². The molecular formula is C11H17NO2. The van der Waals surface area contributed by atoms with E-state index in [0.29, 0.717) is 6.61 Å². The smallest absolute Gasteiger partial charge is 0.119 e. The second kappa shape index (κ2) is 4.98. The standard InChI is InChI=1S/C11H17NO2/c1-8-6-9(14-3)4-5-10(8)11(12)7-13-2/h4-6,11H,7,12H2,1-3H3. The topological polar surface area (TPSA) is 44.5 Å². The van der Waals surface area contributed by atoms with Crippen molar-refractivity contribution in [2.45, 2.75) is 13.0 Å². The van der Waals surface area contributed by atoms with Crippen molar-refractivity contribution in [1.29, 1.82) is 0 Å². The molecular weight excluding hydrogens is 178 g/mol. The molecule has 1 unspecified atom stereocenters. The van der Waals surface area contributed by atoms with Gasteiger partial charge in [-0.2, -0.15) is 0 Å². The molecule has 1 aromatic rings. The monoisotopic (exact) mass is 195 g/mol. The molecule has 0 saturated heterocycles. The highest BCUT2D eigenvalue weighted by molar-refractivity contribution is 5.36. The lowest BCUT2D eigenvalue weighted by atomic mass is 10.0. The Kier molecular flexibility index (Phi) is 3.92. The molecule has 14 heavy (non-hydrogen) atoms. The number of hydrogen-bond acceptors (Lipinski definition) is 3. The van der Waals surface area contributed by atoms with Gasteiger partial charge in [0.1, 0.15) is 5.75 Å². The van der Waals surface area contributed by atoms with Gasteiger partial charge in [0.25, 0.3) is 0 Å². The first-order valence-electron chi connectivity index (χ1n) is 4.58. The van der Waals surface area contributed by atoms with Gasteiger partial charge in [-0.3, -0.25) is 0 Å². The molecule has 0 bridgehead atoms. The molecule has 2 N–H and O–H groups in total. The highest BCUT2D eigenvalue weighted by Crippen LogP contribution is 2.21. The Morgan fingerprint density at radius 1 is 1.36 bits per heavy atom. The van der Waals surface area contributed by atoms with Crippen molar-refractivity contribution in [3.8, 4) is 5.75 Å². The number of benzene rings is 1. The molecule has 0 radical (unpaired) electrons. The maximum Gasteiger partial charge on any atom is 0.119 e. The van der Waals surface area contributed by atoms with E-state index in [9.17, 15) is 0 Å². The number of ether oxygens (including phenoxy) is 2. The van der Waals surface area contributed by atoms with Gasteiger partial charge < -0.3 is 15.2 Å². The summed E-state index contributed by atoms with van der Waals surface area (Å²) in [5, 5.41) is 0. The summed E-state index contributed by atoms with van der Waals surface area (Å²) in [5.41, 5.74) is 8.17. The molecule has 0 spiro atoms. The molecule has 0 fully saturated rings. The summed E-state index contributed by atoms with van der Waals surface area (Å²) in [6, 6.07) is 5.81. The Bertz CT molecular complexity index is 299.